The minimum absolute atomic E-state index is 0.0313. The highest BCUT2D eigenvalue weighted by Crippen LogP contribution is 2.25. The van der Waals surface area contributed by atoms with Gasteiger partial charge in [0.05, 0.1) is 11.6 Å². The van der Waals surface area contributed by atoms with Crippen LogP contribution in [0.4, 0.5) is 5.69 Å². The number of benzene rings is 2. The van der Waals surface area contributed by atoms with Crippen molar-refractivity contribution < 1.29 is 9.59 Å². The number of hydrogen-bond donors (Lipinski definition) is 2. The van der Waals surface area contributed by atoms with Gasteiger partial charge in [0.15, 0.2) is 0 Å². The van der Waals surface area contributed by atoms with Crippen LogP contribution in [0.5, 0.6) is 0 Å². The van der Waals surface area contributed by atoms with Gasteiger partial charge >= 0.3 is 0 Å². The molecule has 1 saturated heterocycles. The van der Waals surface area contributed by atoms with Gasteiger partial charge in [-0.2, -0.15) is 0 Å². The van der Waals surface area contributed by atoms with Crippen molar-refractivity contribution in [2.24, 2.45) is 5.92 Å². The topological polar surface area (TPSA) is 65.2 Å². The van der Waals surface area contributed by atoms with Gasteiger partial charge in [0.1, 0.15) is 0 Å². The van der Waals surface area contributed by atoms with Crippen LogP contribution in [0, 0.1) is 5.92 Å². The molecule has 5 nitrogen and oxygen atoms in total. The molecule has 4 rings (SSSR count). The van der Waals surface area contributed by atoms with E-state index in [1.165, 1.54) is 0 Å². The molecule has 3 aromatic rings. The number of H-pyrrole nitrogens is 1. The van der Waals surface area contributed by atoms with E-state index in [1.807, 2.05) is 60.8 Å². The number of anilines is 1. The summed E-state index contributed by atoms with van der Waals surface area (Å²) >= 11 is 0. The number of nitrogens with one attached hydrogen (secondary N) is 2. The molecule has 1 aliphatic heterocycles. The lowest BCUT2D eigenvalue weighted by Crippen LogP contribution is -2.28. The first-order valence-corrected chi connectivity index (χ1v) is 8.39. The molecular weight excluding hydrogens is 314 g/mol. The second-order valence-electron chi connectivity index (χ2n) is 6.39. The van der Waals surface area contributed by atoms with Crippen LogP contribution in [0.1, 0.15) is 12.0 Å². The van der Waals surface area contributed by atoms with E-state index in [1.54, 1.807) is 4.90 Å². The summed E-state index contributed by atoms with van der Waals surface area (Å²) in [4.78, 5) is 29.8. The number of aromatic amines is 1. The first-order chi connectivity index (χ1) is 12.2. The average Bonchev–Trinajstić information content (AvgIpc) is 3.24. The lowest BCUT2D eigenvalue weighted by Gasteiger charge is -2.16. The van der Waals surface area contributed by atoms with Crippen molar-refractivity contribution in [3.05, 3.63) is 66.4 Å². The Balaban J connectivity index is 1.45. The Hall–Kier alpha value is -3.08. The largest absolute Gasteiger partial charge is 0.361 e. The van der Waals surface area contributed by atoms with Crippen molar-refractivity contribution in [2.45, 2.75) is 13.0 Å². The molecule has 0 saturated carbocycles. The maximum Gasteiger partial charge on any atom is 0.229 e. The van der Waals surface area contributed by atoms with E-state index in [9.17, 15) is 9.59 Å². The number of nitrogens with zero attached hydrogens (tertiary/aromatic N) is 1. The predicted octanol–water partition coefficient (Wildman–Crippen LogP) is 3.16. The number of carbonyl (C=O) groups excluding carboxylic acids is 2. The van der Waals surface area contributed by atoms with Crippen LogP contribution >= 0.6 is 0 Å². The molecule has 25 heavy (non-hydrogen) atoms. The van der Waals surface area contributed by atoms with Gasteiger partial charge in [-0.05, 0) is 23.8 Å². The smallest absolute Gasteiger partial charge is 0.229 e. The number of likely N-dealkylation sites (tertiary alicyclic amines) is 1. The van der Waals surface area contributed by atoms with Gasteiger partial charge in [0, 0.05) is 36.6 Å². The Morgan fingerprint density at radius 1 is 1.12 bits per heavy atom. The molecule has 2 amide bonds. The second-order valence-corrected chi connectivity index (χ2v) is 6.39. The van der Waals surface area contributed by atoms with Gasteiger partial charge in [-0.25, -0.2) is 0 Å². The monoisotopic (exact) mass is 333 g/mol. The lowest BCUT2D eigenvalue weighted by molar-refractivity contribution is -0.128. The summed E-state index contributed by atoms with van der Waals surface area (Å²) in [5, 5.41) is 3.95. The summed E-state index contributed by atoms with van der Waals surface area (Å²) in [5.41, 5.74) is 2.83. The first-order valence-electron chi connectivity index (χ1n) is 8.39. The number of rotatable bonds is 4. The molecule has 2 N–H and O–H groups in total. The molecule has 1 fully saturated rings. The lowest BCUT2D eigenvalue weighted by atomic mass is 10.1. The summed E-state index contributed by atoms with van der Waals surface area (Å²) in [6, 6.07) is 17.5. The molecule has 0 spiro atoms. The van der Waals surface area contributed by atoms with Crippen molar-refractivity contribution in [1.29, 1.82) is 0 Å². The summed E-state index contributed by atoms with van der Waals surface area (Å²) in [6.45, 7) is 1.01. The predicted molar refractivity (Wildman–Crippen MR) is 96.9 cm³/mol. The van der Waals surface area contributed by atoms with Crippen LogP contribution in [-0.4, -0.2) is 28.2 Å². The molecule has 5 heteroatoms. The van der Waals surface area contributed by atoms with E-state index in [-0.39, 0.29) is 24.2 Å². The van der Waals surface area contributed by atoms with Crippen LogP contribution < -0.4 is 5.32 Å². The average molecular weight is 333 g/mol. The highest BCUT2D eigenvalue weighted by atomic mass is 16.2. The maximum atomic E-state index is 12.6. The molecule has 0 aliphatic carbocycles. The number of hydrogen-bond acceptors (Lipinski definition) is 2. The second kappa shape index (κ2) is 6.43. The van der Waals surface area contributed by atoms with Gasteiger partial charge in [-0.1, -0.05) is 36.4 Å². The van der Waals surface area contributed by atoms with Gasteiger partial charge in [0.25, 0.3) is 0 Å². The van der Waals surface area contributed by atoms with Crippen LogP contribution in [0.15, 0.2) is 60.8 Å². The Labute approximate surface area is 145 Å². The number of fused-ring (bicyclic) bond motifs is 1. The number of carbonyl (C=O) groups is 2. The zero-order valence-electron chi connectivity index (χ0n) is 13.7. The molecule has 2 aromatic carbocycles. The van der Waals surface area contributed by atoms with Gasteiger partial charge in [-0.15, -0.1) is 0 Å². The fraction of sp³-hybridized carbons (Fsp3) is 0.200. The number of amides is 2. The van der Waals surface area contributed by atoms with Gasteiger partial charge < -0.3 is 15.2 Å². The van der Waals surface area contributed by atoms with Gasteiger partial charge in [-0.3, -0.25) is 9.59 Å². The molecule has 2 heterocycles. The summed E-state index contributed by atoms with van der Waals surface area (Å²) in [7, 11) is 0. The molecule has 0 bridgehead atoms. The first kappa shape index (κ1) is 15.4. The van der Waals surface area contributed by atoms with Crippen LogP contribution in [0.25, 0.3) is 10.9 Å². The molecular formula is C20H19N3O2. The van der Waals surface area contributed by atoms with E-state index in [2.05, 4.69) is 10.3 Å². The normalized spacial score (nSPS) is 17.2. The number of aromatic nitrogens is 1. The van der Waals surface area contributed by atoms with Crippen LogP contribution in [-0.2, 0) is 16.1 Å². The van der Waals surface area contributed by atoms with Gasteiger partial charge in [0.2, 0.25) is 11.8 Å². The third kappa shape index (κ3) is 3.13. The highest BCUT2D eigenvalue weighted by molar-refractivity contribution is 6.03. The van der Waals surface area contributed by atoms with E-state index >= 15 is 0 Å². The van der Waals surface area contributed by atoms with Crippen molar-refractivity contribution >= 4 is 28.4 Å². The standard InChI is InChI=1S/C20H19N3O2/c24-19-11-15(13-23(19)12-14-5-2-1-3-6-14)20(25)22-18-8-4-7-17-16(18)9-10-21-17/h1-10,15,21H,11-13H2,(H,22,25)/t15-/m1/s1. The highest BCUT2D eigenvalue weighted by Gasteiger charge is 2.34. The summed E-state index contributed by atoms with van der Waals surface area (Å²) in [6.07, 6.45) is 2.11. The van der Waals surface area contributed by atoms with Crippen molar-refractivity contribution in [1.82, 2.24) is 9.88 Å². The van der Waals surface area contributed by atoms with Crippen LogP contribution in [0.3, 0.4) is 0 Å². The summed E-state index contributed by atoms with van der Waals surface area (Å²) < 4.78 is 0. The van der Waals surface area contributed by atoms with E-state index in [0.717, 1.165) is 22.2 Å². The minimum atomic E-state index is -0.314. The van der Waals surface area contributed by atoms with E-state index in [4.69, 9.17) is 0 Å². The Morgan fingerprint density at radius 2 is 1.96 bits per heavy atom. The quantitative estimate of drug-likeness (QED) is 0.770. The Kier molecular flexibility index (Phi) is 3.98. The molecule has 1 aliphatic rings. The zero-order valence-corrected chi connectivity index (χ0v) is 13.7. The molecule has 1 aromatic heterocycles. The molecule has 0 unspecified atom stereocenters. The molecule has 126 valence electrons. The zero-order chi connectivity index (χ0) is 17.2. The maximum absolute atomic E-state index is 12.6. The van der Waals surface area contributed by atoms with Crippen LogP contribution in [0.2, 0.25) is 0 Å². The van der Waals surface area contributed by atoms with Crippen molar-refractivity contribution in [2.75, 3.05) is 11.9 Å². The van der Waals surface area contributed by atoms with E-state index in [0.29, 0.717) is 13.1 Å². The third-order valence-corrected chi connectivity index (χ3v) is 4.65. The third-order valence-electron chi connectivity index (χ3n) is 4.65. The minimum Gasteiger partial charge on any atom is -0.361 e. The SMILES string of the molecule is O=C(Nc1cccc2[nH]ccc12)[C@@H]1CC(=O)N(Cc2ccccc2)C1. The summed E-state index contributed by atoms with van der Waals surface area (Å²) in [5.74, 6) is -0.383. The molecule has 0 radical (unpaired) electrons. The Bertz CT molecular complexity index is 917. The Morgan fingerprint density at radius 3 is 2.80 bits per heavy atom. The van der Waals surface area contributed by atoms with Crippen molar-refractivity contribution in [3.8, 4) is 0 Å². The fourth-order valence-corrected chi connectivity index (χ4v) is 3.33. The van der Waals surface area contributed by atoms with Crippen molar-refractivity contribution in [3.63, 3.8) is 0 Å². The molecule has 1 atom stereocenters. The van der Waals surface area contributed by atoms with E-state index < -0.39 is 0 Å². The fourth-order valence-electron chi connectivity index (χ4n) is 3.33.